The summed E-state index contributed by atoms with van der Waals surface area (Å²) in [5.41, 5.74) is -5.33. The summed E-state index contributed by atoms with van der Waals surface area (Å²) < 4.78 is 91.6. The van der Waals surface area contributed by atoms with Crippen LogP contribution < -0.4 is 13.7 Å². The molecule has 0 radical (unpaired) electrons. The number of benzene rings is 2. The van der Waals surface area contributed by atoms with Crippen LogP contribution in [0.3, 0.4) is 0 Å². The summed E-state index contributed by atoms with van der Waals surface area (Å²) in [4.78, 5) is 14.9. The Kier molecular flexibility index (Phi) is 10.5. The molecule has 0 saturated heterocycles. The smallest absolute Gasteiger partial charge is 0.467 e. The van der Waals surface area contributed by atoms with E-state index >= 15 is 0 Å². The third-order valence-corrected chi connectivity index (χ3v) is 10.8. The molecule has 0 saturated carbocycles. The van der Waals surface area contributed by atoms with Crippen LogP contribution >= 0.6 is 0 Å². The first-order chi connectivity index (χ1) is 19.3. The standard InChI is InChI=1S/C27H38F3NO8SSi2/c1-18-22(38-17-36-11-13-42(5,6)7)14-20-23-19(15-32)8-9-21(37-16-35-10-12-41(2,3)4)25(23)31-24(20)26(18)39-40(33,34)27(28,29)30/h8-9,14-15,31H,10-13,16-17H2,1-7H3. The molecule has 15 heteroatoms. The van der Waals surface area contributed by atoms with E-state index in [0.29, 0.717) is 24.9 Å². The van der Waals surface area contributed by atoms with E-state index in [1.807, 2.05) is 0 Å². The minimum Gasteiger partial charge on any atom is -0.467 e. The van der Waals surface area contributed by atoms with Crippen molar-refractivity contribution in [1.82, 2.24) is 4.98 Å². The Morgan fingerprint density at radius 2 is 1.43 bits per heavy atom. The first kappa shape index (κ1) is 33.9. The number of aldehydes is 1. The summed E-state index contributed by atoms with van der Waals surface area (Å²) in [6, 6.07) is 6.29. The minimum atomic E-state index is -6.04. The van der Waals surface area contributed by atoms with Gasteiger partial charge in [-0.15, -0.1) is 0 Å². The average Bonchev–Trinajstić information content (AvgIpc) is 3.23. The van der Waals surface area contributed by atoms with E-state index in [4.69, 9.17) is 18.9 Å². The van der Waals surface area contributed by atoms with Gasteiger partial charge < -0.3 is 28.1 Å². The maximum absolute atomic E-state index is 13.3. The molecule has 9 nitrogen and oxygen atoms in total. The maximum atomic E-state index is 13.3. The minimum absolute atomic E-state index is 0.0134. The van der Waals surface area contributed by atoms with Crippen LogP contribution in [0, 0.1) is 6.92 Å². The number of aromatic nitrogens is 1. The predicted molar refractivity (Wildman–Crippen MR) is 161 cm³/mol. The van der Waals surface area contributed by atoms with Crippen LogP contribution in [0.1, 0.15) is 15.9 Å². The highest BCUT2D eigenvalue weighted by Gasteiger charge is 2.49. The number of carbonyl (C=O) groups excluding carboxylic acids is 1. The molecular formula is C27H38F3NO8SSi2. The molecule has 0 aliphatic carbocycles. The Bertz CT molecular complexity index is 1530. The summed E-state index contributed by atoms with van der Waals surface area (Å²) in [7, 11) is -8.75. The lowest BCUT2D eigenvalue weighted by Gasteiger charge is -2.17. The molecule has 0 unspecified atom stereocenters. The molecule has 0 aliphatic heterocycles. The van der Waals surface area contributed by atoms with E-state index in [-0.39, 0.29) is 52.6 Å². The lowest BCUT2D eigenvalue weighted by atomic mass is 10.0. The Labute approximate surface area is 245 Å². The van der Waals surface area contributed by atoms with Crippen molar-refractivity contribution in [2.24, 2.45) is 0 Å². The van der Waals surface area contributed by atoms with E-state index in [2.05, 4.69) is 48.4 Å². The summed E-state index contributed by atoms with van der Waals surface area (Å²) in [6.45, 7) is 15.1. The first-order valence-electron chi connectivity index (χ1n) is 13.3. The summed E-state index contributed by atoms with van der Waals surface area (Å²) >= 11 is 0. The summed E-state index contributed by atoms with van der Waals surface area (Å²) in [5.74, 6) is -0.340. The van der Waals surface area contributed by atoms with Gasteiger partial charge in [-0.25, -0.2) is 0 Å². The van der Waals surface area contributed by atoms with Crippen LogP contribution in [0.15, 0.2) is 18.2 Å². The molecule has 1 heterocycles. The van der Waals surface area contributed by atoms with Crippen LogP contribution in [0.25, 0.3) is 21.8 Å². The van der Waals surface area contributed by atoms with Gasteiger partial charge in [-0.2, -0.15) is 21.6 Å². The third kappa shape index (κ3) is 8.49. The lowest BCUT2D eigenvalue weighted by Crippen LogP contribution is -2.28. The van der Waals surface area contributed by atoms with Gasteiger partial charge in [0.2, 0.25) is 0 Å². The molecule has 3 rings (SSSR count). The molecule has 42 heavy (non-hydrogen) atoms. The Balaban J connectivity index is 2.08. The molecule has 2 aromatic carbocycles. The van der Waals surface area contributed by atoms with Crippen molar-refractivity contribution >= 4 is 54.4 Å². The maximum Gasteiger partial charge on any atom is 0.534 e. The number of rotatable bonds is 15. The second-order valence-electron chi connectivity index (χ2n) is 12.3. The molecular weight excluding hydrogens is 612 g/mol. The fourth-order valence-corrected chi connectivity index (χ4v) is 5.94. The van der Waals surface area contributed by atoms with E-state index in [0.717, 1.165) is 12.1 Å². The van der Waals surface area contributed by atoms with Gasteiger partial charge in [0, 0.05) is 51.3 Å². The van der Waals surface area contributed by atoms with Gasteiger partial charge in [-0.1, -0.05) is 39.3 Å². The SMILES string of the molecule is Cc1c(OCOCC[Si](C)(C)C)cc2c([nH]c3c(OCOCC[Si](C)(C)C)ccc(C=O)c32)c1OS(=O)(=O)C(F)(F)F. The molecule has 0 spiro atoms. The van der Waals surface area contributed by atoms with E-state index in [1.54, 1.807) is 0 Å². The fraction of sp³-hybridized carbons (Fsp3) is 0.519. The number of fused-ring (bicyclic) bond motifs is 3. The number of hydrogen-bond donors (Lipinski definition) is 1. The zero-order chi connectivity index (χ0) is 31.5. The molecule has 1 N–H and O–H groups in total. The number of nitrogens with one attached hydrogen (secondary N) is 1. The Morgan fingerprint density at radius 1 is 0.881 bits per heavy atom. The van der Waals surface area contributed by atoms with Gasteiger partial charge in [0.15, 0.2) is 25.6 Å². The normalized spacial score (nSPS) is 13.1. The highest BCUT2D eigenvalue weighted by Crippen LogP contribution is 2.44. The van der Waals surface area contributed by atoms with Gasteiger partial charge in [-0.05, 0) is 37.2 Å². The highest BCUT2D eigenvalue weighted by atomic mass is 32.2. The van der Waals surface area contributed by atoms with E-state index in [9.17, 15) is 26.4 Å². The number of halogens is 3. The lowest BCUT2D eigenvalue weighted by molar-refractivity contribution is -0.0500. The number of alkyl halides is 3. The predicted octanol–water partition coefficient (Wildman–Crippen LogP) is 7.05. The molecule has 0 aliphatic rings. The van der Waals surface area contributed by atoms with Gasteiger partial charge >= 0.3 is 15.6 Å². The quantitative estimate of drug-likeness (QED) is 0.0465. The highest BCUT2D eigenvalue weighted by molar-refractivity contribution is 7.88. The Hall–Kier alpha value is -2.60. The molecule has 234 valence electrons. The summed E-state index contributed by atoms with van der Waals surface area (Å²) in [5, 5.41) is 0.491. The molecule has 0 fully saturated rings. The molecule has 0 atom stereocenters. The van der Waals surface area contributed by atoms with Crippen molar-refractivity contribution < 1.29 is 49.5 Å². The third-order valence-electron chi connectivity index (χ3n) is 6.39. The zero-order valence-corrected chi connectivity index (χ0v) is 27.7. The van der Waals surface area contributed by atoms with Gasteiger partial charge in [0.05, 0.1) is 11.0 Å². The Morgan fingerprint density at radius 3 is 1.93 bits per heavy atom. The van der Waals surface area contributed by atoms with Gasteiger partial charge in [0.1, 0.15) is 11.5 Å². The molecule has 1 aromatic heterocycles. The number of aromatic amines is 1. The molecule has 3 aromatic rings. The molecule has 0 bridgehead atoms. The van der Waals surface area contributed by atoms with E-state index < -0.39 is 37.5 Å². The van der Waals surface area contributed by atoms with Crippen LogP contribution in [-0.4, -0.2) is 68.1 Å². The van der Waals surface area contributed by atoms with Crippen LogP contribution in [-0.2, 0) is 19.6 Å². The van der Waals surface area contributed by atoms with Crippen LogP contribution in [0.2, 0.25) is 51.4 Å². The number of ether oxygens (including phenoxy) is 4. The second kappa shape index (κ2) is 13.0. The van der Waals surface area contributed by atoms with Gasteiger partial charge in [0.25, 0.3) is 0 Å². The fourth-order valence-electron chi connectivity index (χ4n) is 3.91. The van der Waals surface area contributed by atoms with Gasteiger partial charge in [-0.3, -0.25) is 4.79 Å². The number of hydrogen-bond acceptors (Lipinski definition) is 8. The number of H-pyrrole nitrogens is 1. The number of carbonyl (C=O) groups is 1. The van der Waals surface area contributed by atoms with Crippen molar-refractivity contribution in [2.75, 3.05) is 26.8 Å². The van der Waals surface area contributed by atoms with Crippen molar-refractivity contribution in [2.45, 2.75) is 63.8 Å². The van der Waals surface area contributed by atoms with Crippen molar-refractivity contribution in [3.05, 3.63) is 29.3 Å². The van der Waals surface area contributed by atoms with Crippen molar-refractivity contribution in [3.8, 4) is 17.2 Å². The van der Waals surface area contributed by atoms with Crippen LogP contribution in [0.4, 0.5) is 13.2 Å². The first-order valence-corrected chi connectivity index (χ1v) is 22.2. The van der Waals surface area contributed by atoms with E-state index in [1.165, 1.54) is 25.1 Å². The van der Waals surface area contributed by atoms with Crippen molar-refractivity contribution in [1.29, 1.82) is 0 Å². The topological polar surface area (TPSA) is 113 Å². The van der Waals surface area contributed by atoms with Crippen LogP contribution in [0.5, 0.6) is 17.2 Å². The molecule has 0 amide bonds. The monoisotopic (exact) mass is 649 g/mol. The largest absolute Gasteiger partial charge is 0.534 e. The average molecular weight is 650 g/mol. The zero-order valence-electron chi connectivity index (χ0n) is 24.9. The van der Waals surface area contributed by atoms with Crippen molar-refractivity contribution in [3.63, 3.8) is 0 Å². The second-order valence-corrected chi connectivity index (χ2v) is 25.1. The summed E-state index contributed by atoms with van der Waals surface area (Å²) in [6.07, 6.45) is 0.580.